The van der Waals surface area contributed by atoms with Crippen LogP contribution >= 0.6 is 0 Å². The molecule has 0 aromatic carbocycles. The maximum Gasteiger partial charge on any atom is 1.00 e. The van der Waals surface area contributed by atoms with Gasteiger partial charge >= 0.3 is 17.4 Å². The van der Waals surface area contributed by atoms with E-state index < -0.39 is 5.97 Å². The molecule has 0 saturated heterocycles. The fourth-order valence-electron chi connectivity index (χ4n) is 0.519. The minimum absolute atomic E-state index is 0. The Kier molecular flexibility index (Phi) is 10.5. The van der Waals surface area contributed by atoms with Gasteiger partial charge in [-0.25, -0.2) is 0 Å². The number of carboxylic acids is 1. The molecule has 0 aliphatic heterocycles. The zero-order chi connectivity index (χ0) is 6.41. The summed E-state index contributed by atoms with van der Waals surface area (Å²) in [5.41, 5.74) is 0. The molecule has 0 aliphatic carbocycles. The summed E-state index contributed by atoms with van der Waals surface area (Å²) in [6.07, 6.45) is 3.04. The molecular formula is C6H11AlO2. The standard InChI is InChI=1S/C6H12O2.Al/c1-2-3-4-5-6(7)8;/h2-5H2,1H3,(H,7,8);/q;+1/p-1. The van der Waals surface area contributed by atoms with Gasteiger partial charge in [0.25, 0.3) is 0 Å². The van der Waals surface area contributed by atoms with Crippen LogP contribution in [0.15, 0.2) is 0 Å². The first-order valence-corrected chi connectivity index (χ1v) is 2.97. The summed E-state index contributed by atoms with van der Waals surface area (Å²) >= 11 is 0. The maximum absolute atomic E-state index is 9.76. The van der Waals surface area contributed by atoms with Crippen LogP contribution in [0.1, 0.15) is 32.6 Å². The molecule has 0 spiro atoms. The molecule has 0 saturated carbocycles. The van der Waals surface area contributed by atoms with Gasteiger partial charge in [0, 0.05) is 5.97 Å². The Morgan fingerprint density at radius 3 is 2.33 bits per heavy atom. The van der Waals surface area contributed by atoms with Crippen LogP contribution in [-0.2, 0) is 4.79 Å². The van der Waals surface area contributed by atoms with E-state index in [0.717, 1.165) is 19.3 Å². The zero-order valence-electron chi connectivity index (χ0n) is 5.72. The molecule has 0 atom stereocenters. The zero-order valence-corrected chi connectivity index (χ0v) is 6.88. The van der Waals surface area contributed by atoms with Crippen LogP contribution in [0.3, 0.4) is 0 Å². The Bertz CT molecular complexity index is 73.5. The van der Waals surface area contributed by atoms with E-state index >= 15 is 0 Å². The molecule has 0 aromatic heterocycles. The van der Waals surface area contributed by atoms with Gasteiger partial charge in [0.1, 0.15) is 0 Å². The molecule has 0 heterocycles. The van der Waals surface area contributed by atoms with Crippen LogP contribution < -0.4 is 5.11 Å². The average molecular weight is 142 g/mol. The van der Waals surface area contributed by atoms with E-state index in [0.29, 0.717) is 0 Å². The molecule has 0 rings (SSSR count). The average Bonchev–Trinajstić information content (AvgIpc) is 1.66. The van der Waals surface area contributed by atoms with E-state index in [9.17, 15) is 9.90 Å². The van der Waals surface area contributed by atoms with E-state index in [-0.39, 0.29) is 23.8 Å². The Balaban J connectivity index is 0. The van der Waals surface area contributed by atoms with Crippen molar-refractivity contribution in [2.45, 2.75) is 32.6 Å². The number of aliphatic carboxylic acids is 1. The van der Waals surface area contributed by atoms with Crippen LogP contribution in [0.25, 0.3) is 0 Å². The van der Waals surface area contributed by atoms with Gasteiger partial charge < -0.3 is 9.90 Å². The number of hydrogen-bond acceptors (Lipinski definition) is 2. The summed E-state index contributed by atoms with van der Waals surface area (Å²) in [5.74, 6) is -0.932. The first-order chi connectivity index (χ1) is 3.77. The monoisotopic (exact) mass is 142 g/mol. The SMILES string of the molecule is CCCCCC(=O)[O-].[Al+]. The summed E-state index contributed by atoms with van der Waals surface area (Å²) in [7, 11) is 0. The summed E-state index contributed by atoms with van der Waals surface area (Å²) < 4.78 is 0. The molecule has 0 unspecified atom stereocenters. The van der Waals surface area contributed by atoms with Crippen LogP contribution in [0.4, 0.5) is 0 Å². The largest absolute Gasteiger partial charge is 1.00 e. The molecule has 50 valence electrons. The van der Waals surface area contributed by atoms with E-state index in [2.05, 4.69) is 0 Å². The number of unbranched alkanes of at least 4 members (excludes halogenated alkanes) is 2. The van der Waals surface area contributed by atoms with Crippen molar-refractivity contribution in [1.82, 2.24) is 0 Å². The molecule has 0 aliphatic rings. The van der Waals surface area contributed by atoms with Crippen molar-refractivity contribution in [3.63, 3.8) is 0 Å². The molecule has 0 fully saturated rings. The normalized spacial score (nSPS) is 8.11. The maximum atomic E-state index is 9.76. The smallest absolute Gasteiger partial charge is 0.550 e. The molecule has 0 bridgehead atoms. The topological polar surface area (TPSA) is 40.1 Å². The molecular weight excluding hydrogens is 131 g/mol. The molecule has 2 radical (unpaired) electrons. The van der Waals surface area contributed by atoms with E-state index in [1.165, 1.54) is 0 Å². The van der Waals surface area contributed by atoms with Crippen molar-refractivity contribution in [3.8, 4) is 0 Å². The predicted octanol–water partition coefficient (Wildman–Crippen LogP) is -0.0642. The van der Waals surface area contributed by atoms with Gasteiger partial charge in [-0.05, 0) is 12.8 Å². The van der Waals surface area contributed by atoms with Crippen molar-refractivity contribution in [3.05, 3.63) is 0 Å². The minimum atomic E-state index is -0.932. The number of hydrogen-bond donors (Lipinski definition) is 0. The van der Waals surface area contributed by atoms with Crippen LogP contribution in [0.2, 0.25) is 0 Å². The summed E-state index contributed by atoms with van der Waals surface area (Å²) in [4.78, 5) is 9.76. The fourth-order valence-corrected chi connectivity index (χ4v) is 0.519. The molecule has 0 aromatic rings. The first kappa shape index (κ1) is 11.8. The Morgan fingerprint density at radius 1 is 1.44 bits per heavy atom. The molecule has 3 heteroatoms. The third-order valence-electron chi connectivity index (χ3n) is 0.984. The van der Waals surface area contributed by atoms with Crippen molar-refractivity contribution < 1.29 is 9.90 Å². The predicted molar refractivity (Wildman–Crippen MR) is 34.9 cm³/mol. The van der Waals surface area contributed by atoms with E-state index in [4.69, 9.17) is 0 Å². The minimum Gasteiger partial charge on any atom is -0.550 e. The van der Waals surface area contributed by atoms with Crippen LogP contribution in [-0.4, -0.2) is 23.3 Å². The second kappa shape index (κ2) is 8.00. The Morgan fingerprint density at radius 2 is 2.00 bits per heavy atom. The van der Waals surface area contributed by atoms with Gasteiger partial charge in [0.15, 0.2) is 0 Å². The number of carbonyl (C=O) groups excluding carboxylic acids is 1. The fraction of sp³-hybridized carbons (Fsp3) is 0.833. The van der Waals surface area contributed by atoms with Crippen molar-refractivity contribution in [1.29, 1.82) is 0 Å². The van der Waals surface area contributed by atoms with Crippen molar-refractivity contribution in [2.75, 3.05) is 0 Å². The van der Waals surface area contributed by atoms with Gasteiger partial charge in [-0.15, -0.1) is 0 Å². The van der Waals surface area contributed by atoms with Crippen molar-refractivity contribution >= 4 is 23.3 Å². The second-order valence-electron chi connectivity index (χ2n) is 1.83. The molecule has 0 amide bonds. The molecule has 0 N–H and O–H groups in total. The third kappa shape index (κ3) is 11.5. The van der Waals surface area contributed by atoms with Crippen LogP contribution in [0, 0.1) is 0 Å². The van der Waals surface area contributed by atoms with Gasteiger partial charge in [-0.2, -0.15) is 0 Å². The number of carbonyl (C=O) groups is 1. The molecule has 9 heavy (non-hydrogen) atoms. The third-order valence-corrected chi connectivity index (χ3v) is 0.984. The number of carboxylic acid groups (broad SMARTS) is 1. The van der Waals surface area contributed by atoms with Gasteiger partial charge in [-0.1, -0.05) is 19.8 Å². The first-order valence-electron chi connectivity index (χ1n) is 2.97. The summed E-state index contributed by atoms with van der Waals surface area (Å²) in [6, 6.07) is 0. The van der Waals surface area contributed by atoms with Crippen LogP contribution in [0.5, 0.6) is 0 Å². The van der Waals surface area contributed by atoms with E-state index in [1.807, 2.05) is 6.92 Å². The quantitative estimate of drug-likeness (QED) is 0.407. The Labute approximate surface area is 66.4 Å². The Hall–Kier alpha value is 0.00247. The van der Waals surface area contributed by atoms with Crippen molar-refractivity contribution in [2.24, 2.45) is 0 Å². The van der Waals surface area contributed by atoms with Gasteiger partial charge in [0.2, 0.25) is 0 Å². The van der Waals surface area contributed by atoms with E-state index in [1.54, 1.807) is 0 Å². The molecule has 2 nitrogen and oxygen atoms in total. The number of rotatable bonds is 4. The summed E-state index contributed by atoms with van der Waals surface area (Å²) in [6.45, 7) is 2.04. The second-order valence-corrected chi connectivity index (χ2v) is 1.83. The van der Waals surface area contributed by atoms with Gasteiger partial charge in [-0.3, -0.25) is 0 Å². The summed E-state index contributed by atoms with van der Waals surface area (Å²) in [5, 5.41) is 9.76. The van der Waals surface area contributed by atoms with Gasteiger partial charge in [0.05, 0.1) is 0 Å².